The molecule has 0 fully saturated rings. The van der Waals surface area contributed by atoms with Gasteiger partial charge < -0.3 is 5.32 Å². The van der Waals surface area contributed by atoms with Gasteiger partial charge in [-0.2, -0.15) is 0 Å². The Kier molecular flexibility index (Phi) is 3.33. The molecule has 8 heavy (non-hydrogen) atoms. The van der Waals surface area contributed by atoms with Crippen LogP contribution in [0.15, 0.2) is 11.8 Å². The molecule has 0 aromatic carbocycles. The van der Waals surface area contributed by atoms with Crippen molar-refractivity contribution in [3.05, 3.63) is 11.8 Å². The second-order valence-electron chi connectivity index (χ2n) is 2.15. The number of hydrogen-bond donors (Lipinski definition) is 1. The molecule has 0 saturated carbocycles. The zero-order chi connectivity index (χ0) is 6.57. The molecule has 0 amide bonds. The van der Waals surface area contributed by atoms with Gasteiger partial charge in [0, 0.05) is 12.7 Å². The van der Waals surface area contributed by atoms with E-state index in [1.54, 1.807) is 0 Å². The lowest BCUT2D eigenvalue weighted by Crippen LogP contribution is -2.10. The molecule has 0 aliphatic carbocycles. The first-order chi connectivity index (χ1) is 3.72. The van der Waals surface area contributed by atoms with Crippen LogP contribution in [0.1, 0.15) is 20.8 Å². The van der Waals surface area contributed by atoms with Gasteiger partial charge in [-0.3, -0.25) is 0 Å². The summed E-state index contributed by atoms with van der Waals surface area (Å²) in [7, 11) is 1.95. The van der Waals surface area contributed by atoms with E-state index in [1.165, 1.54) is 5.70 Å². The summed E-state index contributed by atoms with van der Waals surface area (Å²) in [5, 5.41) is 3.11. The first kappa shape index (κ1) is 7.54. The van der Waals surface area contributed by atoms with Crippen molar-refractivity contribution < 1.29 is 0 Å². The topological polar surface area (TPSA) is 12.0 Å². The summed E-state index contributed by atoms with van der Waals surface area (Å²) in [6.45, 7) is 6.39. The maximum Gasteiger partial charge on any atom is 0.00866 e. The van der Waals surface area contributed by atoms with E-state index >= 15 is 0 Å². The lowest BCUT2D eigenvalue weighted by Gasteiger charge is -2.08. The number of nitrogens with one attached hydrogen (secondary N) is 1. The van der Waals surface area contributed by atoms with Gasteiger partial charge in [0.1, 0.15) is 0 Å². The lowest BCUT2D eigenvalue weighted by atomic mass is 10.1. The van der Waals surface area contributed by atoms with E-state index in [-0.39, 0.29) is 0 Å². The van der Waals surface area contributed by atoms with Gasteiger partial charge in [-0.1, -0.05) is 19.9 Å². The summed E-state index contributed by atoms with van der Waals surface area (Å²) >= 11 is 0. The summed E-state index contributed by atoms with van der Waals surface area (Å²) < 4.78 is 0. The molecule has 0 aliphatic rings. The third-order valence-corrected chi connectivity index (χ3v) is 1.22. The molecule has 0 rings (SSSR count). The van der Waals surface area contributed by atoms with Crippen LogP contribution in [-0.2, 0) is 0 Å². The molecule has 0 spiro atoms. The molecular weight excluding hydrogens is 98.1 g/mol. The summed E-state index contributed by atoms with van der Waals surface area (Å²) in [5.41, 5.74) is 1.31. The Bertz CT molecular complexity index is 82.4. The van der Waals surface area contributed by atoms with E-state index in [9.17, 15) is 0 Å². The van der Waals surface area contributed by atoms with Gasteiger partial charge in [0.2, 0.25) is 0 Å². The van der Waals surface area contributed by atoms with Crippen molar-refractivity contribution in [1.82, 2.24) is 5.32 Å². The lowest BCUT2D eigenvalue weighted by molar-refractivity contribution is 0.697. The Morgan fingerprint density at radius 2 is 2.00 bits per heavy atom. The van der Waals surface area contributed by atoms with Crippen LogP contribution in [-0.4, -0.2) is 7.05 Å². The summed E-state index contributed by atoms with van der Waals surface area (Å²) in [5.74, 6) is 0.630. The highest BCUT2D eigenvalue weighted by molar-refractivity contribution is 4.98. The monoisotopic (exact) mass is 113 g/mol. The highest BCUT2D eigenvalue weighted by atomic mass is 14.8. The highest BCUT2D eigenvalue weighted by Gasteiger charge is 1.95. The van der Waals surface area contributed by atoms with Gasteiger partial charge >= 0.3 is 0 Å². The highest BCUT2D eigenvalue weighted by Crippen LogP contribution is 2.02. The van der Waals surface area contributed by atoms with Gasteiger partial charge in [0.05, 0.1) is 0 Å². The molecule has 0 saturated heterocycles. The molecule has 1 heteroatoms. The predicted molar refractivity (Wildman–Crippen MR) is 37.7 cm³/mol. The zero-order valence-electron chi connectivity index (χ0n) is 6.15. The molecule has 0 aliphatic heterocycles. The Balaban J connectivity index is 3.72. The fourth-order valence-corrected chi connectivity index (χ4v) is 0.766. The molecule has 1 nitrogen and oxygen atoms in total. The van der Waals surface area contributed by atoms with Gasteiger partial charge in [-0.05, 0) is 12.8 Å². The zero-order valence-corrected chi connectivity index (χ0v) is 6.15. The average Bonchev–Trinajstić information content (AvgIpc) is 1.69. The van der Waals surface area contributed by atoms with Crippen molar-refractivity contribution in [2.45, 2.75) is 20.8 Å². The van der Waals surface area contributed by atoms with Crippen LogP contribution in [0.2, 0.25) is 0 Å². The van der Waals surface area contributed by atoms with E-state index in [4.69, 9.17) is 0 Å². The van der Waals surface area contributed by atoms with E-state index in [2.05, 4.69) is 25.2 Å². The van der Waals surface area contributed by atoms with Crippen molar-refractivity contribution in [2.75, 3.05) is 7.05 Å². The van der Waals surface area contributed by atoms with Crippen LogP contribution in [0.25, 0.3) is 0 Å². The minimum atomic E-state index is 0.630. The van der Waals surface area contributed by atoms with Crippen LogP contribution in [0.4, 0.5) is 0 Å². The van der Waals surface area contributed by atoms with Gasteiger partial charge in [0.25, 0.3) is 0 Å². The SMILES string of the molecule is C/C=C(\NC)C(C)C. The van der Waals surface area contributed by atoms with Crippen LogP contribution < -0.4 is 5.32 Å². The van der Waals surface area contributed by atoms with Crippen molar-refractivity contribution >= 4 is 0 Å². The molecular formula is C7H15N. The standard InChI is InChI=1S/C7H15N/c1-5-7(8-4)6(2)3/h5-6,8H,1-4H3/b7-5-. The van der Waals surface area contributed by atoms with Crippen LogP contribution in [0, 0.1) is 5.92 Å². The molecule has 0 heterocycles. The third-order valence-electron chi connectivity index (χ3n) is 1.22. The number of rotatable bonds is 2. The van der Waals surface area contributed by atoms with Crippen LogP contribution >= 0.6 is 0 Å². The Morgan fingerprint density at radius 3 is 2.00 bits per heavy atom. The maximum absolute atomic E-state index is 3.11. The van der Waals surface area contributed by atoms with Crippen molar-refractivity contribution in [3.8, 4) is 0 Å². The van der Waals surface area contributed by atoms with Crippen molar-refractivity contribution in [1.29, 1.82) is 0 Å². The molecule has 0 bridgehead atoms. The van der Waals surface area contributed by atoms with E-state index in [0.717, 1.165) is 0 Å². The summed E-state index contributed by atoms with van der Waals surface area (Å²) in [6.07, 6.45) is 2.10. The first-order valence-electron chi connectivity index (χ1n) is 3.06. The largest absolute Gasteiger partial charge is 0.391 e. The Labute approximate surface area is 51.8 Å². The van der Waals surface area contributed by atoms with Crippen LogP contribution in [0.3, 0.4) is 0 Å². The van der Waals surface area contributed by atoms with Gasteiger partial charge in [-0.15, -0.1) is 0 Å². The van der Waals surface area contributed by atoms with Gasteiger partial charge in [0.15, 0.2) is 0 Å². The van der Waals surface area contributed by atoms with Gasteiger partial charge in [-0.25, -0.2) is 0 Å². The second-order valence-corrected chi connectivity index (χ2v) is 2.15. The summed E-state index contributed by atoms with van der Waals surface area (Å²) in [4.78, 5) is 0. The maximum atomic E-state index is 3.11. The van der Waals surface area contributed by atoms with E-state index in [1.807, 2.05) is 14.0 Å². The first-order valence-corrected chi connectivity index (χ1v) is 3.06. The molecule has 0 aromatic rings. The van der Waals surface area contributed by atoms with Crippen molar-refractivity contribution in [2.24, 2.45) is 5.92 Å². The Morgan fingerprint density at radius 1 is 1.50 bits per heavy atom. The van der Waals surface area contributed by atoms with Crippen molar-refractivity contribution in [3.63, 3.8) is 0 Å². The van der Waals surface area contributed by atoms with E-state index < -0.39 is 0 Å². The predicted octanol–water partition coefficient (Wildman–Crippen LogP) is 1.77. The second kappa shape index (κ2) is 3.53. The van der Waals surface area contributed by atoms with E-state index in [0.29, 0.717) is 5.92 Å². The minimum absolute atomic E-state index is 0.630. The number of hydrogen-bond acceptors (Lipinski definition) is 1. The Hall–Kier alpha value is -0.460. The third kappa shape index (κ3) is 2.01. The van der Waals surface area contributed by atoms with Crippen LogP contribution in [0.5, 0.6) is 0 Å². The fraction of sp³-hybridized carbons (Fsp3) is 0.714. The average molecular weight is 113 g/mol. The normalized spacial score (nSPS) is 12.4. The summed E-state index contributed by atoms with van der Waals surface area (Å²) in [6, 6.07) is 0. The molecule has 0 aromatic heterocycles. The molecule has 0 unspecified atom stereocenters. The fourth-order valence-electron chi connectivity index (χ4n) is 0.766. The smallest absolute Gasteiger partial charge is 0.00866 e. The quantitative estimate of drug-likeness (QED) is 0.575. The number of allylic oxidation sites excluding steroid dienone is 2. The molecule has 0 radical (unpaired) electrons. The minimum Gasteiger partial charge on any atom is -0.391 e. The molecule has 0 atom stereocenters. The molecule has 48 valence electrons. The molecule has 1 N–H and O–H groups in total.